The van der Waals surface area contributed by atoms with Crippen molar-refractivity contribution < 1.29 is 0 Å². The van der Waals surface area contributed by atoms with Crippen LogP contribution in [0.2, 0.25) is 0 Å². The maximum atomic E-state index is 9.00. The van der Waals surface area contributed by atoms with Gasteiger partial charge in [0.2, 0.25) is 0 Å². The average Bonchev–Trinajstić information content (AvgIpc) is 2.20. The van der Waals surface area contributed by atoms with Gasteiger partial charge < -0.3 is 5.32 Å². The van der Waals surface area contributed by atoms with Gasteiger partial charge in [-0.05, 0) is 31.4 Å². The van der Waals surface area contributed by atoms with E-state index in [1.807, 2.05) is 25.1 Å². The predicted molar refractivity (Wildman–Crippen MR) is 63.8 cm³/mol. The quantitative estimate of drug-likeness (QED) is 0.816. The van der Waals surface area contributed by atoms with E-state index in [1.54, 1.807) is 0 Å². The van der Waals surface area contributed by atoms with Gasteiger partial charge in [0, 0.05) is 6.04 Å². The molecule has 1 aromatic rings. The van der Waals surface area contributed by atoms with Gasteiger partial charge in [-0.1, -0.05) is 26.0 Å². The number of nitrogens with zero attached hydrogens (tertiary/aromatic N) is 1. The lowest BCUT2D eigenvalue weighted by Crippen LogP contribution is -2.22. The molecule has 0 bridgehead atoms. The Hall–Kier alpha value is -1.49. The van der Waals surface area contributed by atoms with Crippen molar-refractivity contribution in [2.45, 2.75) is 33.7 Å². The molecule has 1 aromatic carbocycles. The summed E-state index contributed by atoms with van der Waals surface area (Å²) in [6.07, 6.45) is 0. The molecule has 0 fully saturated rings. The third-order valence-corrected chi connectivity index (χ3v) is 2.77. The standard InChI is InChI=1S/C13H18N2/c1-9(2)11(4)15-13-10(3)6-5-7-12(13)8-14/h5-7,9,11,15H,1-4H3. The molecule has 0 aliphatic carbocycles. The summed E-state index contributed by atoms with van der Waals surface area (Å²) in [5.74, 6) is 0.552. The predicted octanol–water partition coefficient (Wildman–Crippen LogP) is 3.32. The van der Waals surface area contributed by atoms with Gasteiger partial charge in [-0.3, -0.25) is 0 Å². The average molecular weight is 202 g/mol. The third kappa shape index (κ3) is 2.73. The Bertz CT molecular complexity index is 375. The van der Waals surface area contributed by atoms with Crippen molar-refractivity contribution in [3.05, 3.63) is 29.3 Å². The molecule has 2 nitrogen and oxygen atoms in total. The van der Waals surface area contributed by atoms with Crippen molar-refractivity contribution in [3.8, 4) is 6.07 Å². The number of hydrogen-bond acceptors (Lipinski definition) is 2. The summed E-state index contributed by atoms with van der Waals surface area (Å²) in [6, 6.07) is 8.38. The number of nitriles is 1. The van der Waals surface area contributed by atoms with Crippen LogP contribution < -0.4 is 5.32 Å². The van der Waals surface area contributed by atoms with Gasteiger partial charge in [-0.25, -0.2) is 0 Å². The second-order valence-corrected chi connectivity index (χ2v) is 4.29. The largest absolute Gasteiger partial charge is 0.381 e. The molecule has 0 saturated heterocycles. The molecule has 15 heavy (non-hydrogen) atoms. The van der Waals surface area contributed by atoms with Crippen LogP contribution in [-0.2, 0) is 0 Å². The van der Waals surface area contributed by atoms with Gasteiger partial charge in [0.25, 0.3) is 0 Å². The van der Waals surface area contributed by atoms with Crippen molar-refractivity contribution in [3.63, 3.8) is 0 Å². The second kappa shape index (κ2) is 4.84. The van der Waals surface area contributed by atoms with E-state index >= 15 is 0 Å². The third-order valence-electron chi connectivity index (χ3n) is 2.77. The smallest absolute Gasteiger partial charge is 0.101 e. The Balaban J connectivity index is 2.99. The van der Waals surface area contributed by atoms with E-state index in [-0.39, 0.29) is 0 Å². The molecule has 80 valence electrons. The molecule has 0 aliphatic rings. The minimum Gasteiger partial charge on any atom is -0.381 e. The van der Waals surface area contributed by atoms with Crippen molar-refractivity contribution >= 4 is 5.69 Å². The molecule has 0 amide bonds. The fourth-order valence-corrected chi connectivity index (χ4v) is 1.35. The molecule has 0 heterocycles. The van der Waals surface area contributed by atoms with Crippen molar-refractivity contribution in [2.75, 3.05) is 5.32 Å². The number of hydrogen-bond donors (Lipinski definition) is 1. The summed E-state index contributed by atoms with van der Waals surface area (Å²) >= 11 is 0. The molecule has 1 rings (SSSR count). The van der Waals surface area contributed by atoms with Crippen LogP contribution in [0.25, 0.3) is 0 Å². The van der Waals surface area contributed by atoms with Crippen LogP contribution in [0, 0.1) is 24.2 Å². The molecular formula is C13H18N2. The molecule has 1 atom stereocenters. The molecule has 0 saturated carbocycles. The van der Waals surface area contributed by atoms with Gasteiger partial charge in [-0.2, -0.15) is 5.26 Å². The summed E-state index contributed by atoms with van der Waals surface area (Å²) in [7, 11) is 0. The maximum Gasteiger partial charge on any atom is 0.101 e. The molecule has 0 aliphatic heterocycles. The minimum atomic E-state index is 0.373. The Morgan fingerprint density at radius 1 is 1.27 bits per heavy atom. The van der Waals surface area contributed by atoms with E-state index in [2.05, 4.69) is 32.2 Å². The normalized spacial score (nSPS) is 12.3. The van der Waals surface area contributed by atoms with E-state index < -0.39 is 0 Å². The summed E-state index contributed by atoms with van der Waals surface area (Å²) in [4.78, 5) is 0. The fourth-order valence-electron chi connectivity index (χ4n) is 1.35. The number of anilines is 1. The lowest BCUT2D eigenvalue weighted by Gasteiger charge is -2.21. The number of nitrogens with one attached hydrogen (secondary N) is 1. The second-order valence-electron chi connectivity index (χ2n) is 4.29. The molecule has 0 radical (unpaired) electrons. The van der Waals surface area contributed by atoms with Gasteiger partial charge in [0.15, 0.2) is 0 Å². The van der Waals surface area contributed by atoms with Crippen LogP contribution in [0.1, 0.15) is 31.9 Å². The lowest BCUT2D eigenvalue weighted by molar-refractivity contribution is 0.559. The maximum absolute atomic E-state index is 9.00. The SMILES string of the molecule is Cc1cccc(C#N)c1NC(C)C(C)C. The van der Waals surface area contributed by atoms with Crippen LogP contribution >= 0.6 is 0 Å². The van der Waals surface area contributed by atoms with Crippen LogP contribution in [0.3, 0.4) is 0 Å². The monoisotopic (exact) mass is 202 g/mol. The van der Waals surface area contributed by atoms with Crippen LogP contribution in [-0.4, -0.2) is 6.04 Å². The highest BCUT2D eigenvalue weighted by atomic mass is 14.9. The van der Waals surface area contributed by atoms with E-state index in [0.717, 1.165) is 16.8 Å². The van der Waals surface area contributed by atoms with E-state index in [1.165, 1.54) is 0 Å². The Labute approximate surface area is 91.9 Å². The molecule has 2 heteroatoms. The fraction of sp³-hybridized carbons (Fsp3) is 0.462. The van der Waals surface area contributed by atoms with E-state index in [9.17, 15) is 0 Å². The number of aryl methyl sites for hydroxylation is 1. The van der Waals surface area contributed by atoms with Crippen LogP contribution in [0.4, 0.5) is 5.69 Å². The van der Waals surface area contributed by atoms with Crippen LogP contribution in [0.15, 0.2) is 18.2 Å². The highest BCUT2D eigenvalue weighted by Crippen LogP contribution is 2.21. The summed E-state index contributed by atoms with van der Waals surface area (Å²) in [5.41, 5.74) is 2.82. The lowest BCUT2D eigenvalue weighted by atomic mass is 10.0. The van der Waals surface area contributed by atoms with Gasteiger partial charge in [0.1, 0.15) is 6.07 Å². The molecule has 0 aromatic heterocycles. The number of para-hydroxylation sites is 1. The molecular weight excluding hydrogens is 184 g/mol. The first-order chi connectivity index (χ1) is 7.06. The van der Waals surface area contributed by atoms with Crippen molar-refractivity contribution in [1.29, 1.82) is 5.26 Å². The van der Waals surface area contributed by atoms with Crippen LogP contribution in [0.5, 0.6) is 0 Å². The first-order valence-corrected chi connectivity index (χ1v) is 5.32. The first kappa shape index (κ1) is 11.6. The molecule has 0 spiro atoms. The van der Waals surface area contributed by atoms with E-state index in [0.29, 0.717) is 12.0 Å². The molecule has 1 N–H and O–H groups in total. The van der Waals surface area contributed by atoms with Crippen molar-refractivity contribution in [1.82, 2.24) is 0 Å². The summed E-state index contributed by atoms with van der Waals surface area (Å²) < 4.78 is 0. The van der Waals surface area contributed by atoms with E-state index in [4.69, 9.17) is 5.26 Å². The zero-order valence-corrected chi connectivity index (χ0v) is 9.83. The highest BCUT2D eigenvalue weighted by molar-refractivity contribution is 5.62. The Morgan fingerprint density at radius 2 is 1.93 bits per heavy atom. The summed E-state index contributed by atoms with van der Waals surface area (Å²) in [5, 5.41) is 12.4. The van der Waals surface area contributed by atoms with Gasteiger partial charge in [0.05, 0.1) is 11.3 Å². The first-order valence-electron chi connectivity index (χ1n) is 5.32. The Kier molecular flexibility index (Phi) is 3.74. The summed E-state index contributed by atoms with van der Waals surface area (Å²) in [6.45, 7) is 8.50. The highest BCUT2D eigenvalue weighted by Gasteiger charge is 2.10. The number of rotatable bonds is 3. The van der Waals surface area contributed by atoms with Crippen molar-refractivity contribution in [2.24, 2.45) is 5.92 Å². The van der Waals surface area contributed by atoms with Gasteiger partial charge in [-0.15, -0.1) is 0 Å². The van der Waals surface area contributed by atoms with Gasteiger partial charge >= 0.3 is 0 Å². The Morgan fingerprint density at radius 3 is 2.47 bits per heavy atom. The zero-order chi connectivity index (χ0) is 11.4. The number of benzene rings is 1. The minimum absolute atomic E-state index is 0.373. The topological polar surface area (TPSA) is 35.8 Å². The molecule has 1 unspecified atom stereocenters. The zero-order valence-electron chi connectivity index (χ0n) is 9.83.